The number of aldehydes is 1. The number of hydrogen-bond donors (Lipinski definition) is 4. The summed E-state index contributed by atoms with van der Waals surface area (Å²) >= 11 is 0. The first-order chi connectivity index (χ1) is 9.58. The van der Waals surface area contributed by atoms with Gasteiger partial charge in [0.15, 0.2) is 17.3 Å². The molecule has 0 bridgehead atoms. The topological polar surface area (TPSA) is 150 Å². The van der Waals surface area contributed by atoms with E-state index in [-0.39, 0.29) is 17.6 Å². The van der Waals surface area contributed by atoms with Gasteiger partial charge in [0, 0.05) is 6.42 Å². The first-order valence-corrected chi connectivity index (χ1v) is 5.66. The standard InChI is InChI=1S/C10H12N4O6/c15-2-1-6(5(17)3-16)20-14-9(18)7-8(12-4-11-7)13-10(14)19/h2,4-6,16-17H,1,3H2,(H,11,12)(H,13,19). The van der Waals surface area contributed by atoms with Crippen molar-refractivity contribution in [2.75, 3.05) is 6.61 Å². The van der Waals surface area contributed by atoms with Gasteiger partial charge in [-0.15, -0.1) is 0 Å². The lowest BCUT2D eigenvalue weighted by atomic mass is 10.2. The molecule has 10 nitrogen and oxygen atoms in total. The number of aliphatic hydroxyl groups is 2. The van der Waals surface area contributed by atoms with Gasteiger partial charge in [0.1, 0.15) is 12.4 Å². The van der Waals surface area contributed by atoms with Crippen LogP contribution in [0.5, 0.6) is 0 Å². The number of carbonyl (C=O) groups excluding carboxylic acids is 1. The molecule has 4 N–H and O–H groups in total. The molecule has 2 unspecified atom stereocenters. The van der Waals surface area contributed by atoms with E-state index in [1.165, 1.54) is 6.33 Å². The van der Waals surface area contributed by atoms with E-state index in [0.29, 0.717) is 11.0 Å². The quantitative estimate of drug-likeness (QED) is 0.417. The number of nitrogens with zero attached hydrogens (tertiary/aromatic N) is 2. The van der Waals surface area contributed by atoms with Gasteiger partial charge in [0.2, 0.25) is 0 Å². The lowest BCUT2D eigenvalue weighted by molar-refractivity contribution is -0.116. The number of nitrogens with one attached hydrogen (secondary N) is 2. The van der Waals surface area contributed by atoms with E-state index in [1.807, 2.05) is 0 Å². The molecule has 108 valence electrons. The molecule has 2 atom stereocenters. The minimum atomic E-state index is -1.41. The van der Waals surface area contributed by atoms with E-state index in [0.717, 1.165) is 0 Å². The van der Waals surface area contributed by atoms with Crippen LogP contribution in [0.25, 0.3) is 11.2 Å². The lowest BCUT2D eigenvalue weighted by Gasteiger charge is -2.20. The van der Waals surface area contributed by atoms with Crippen LogP contribution >= 0.6 is 0 Å². The van der Waals surface area contributed by atoms with Crippen molar-refractivity contribution in [2.24, 2.45) is 0 Å². The highest BCUT2D eigenvalue weighted by molar-refractivity contribution is 5.67. The van der Waals surface area contributed by atoms with Crippen molar-refractivity contribution in [3.05, 3.63) is 27.2 Å². The average Bonchev–Trinajstić information content (AvgIpc) is 2.89. The van der Waals surface area contributed by atoms with Crippen LogP contribution in [-0.4, -0.2) is 55.0 Å². The Kier molecular flexibility index (Phi) is 3.96. The normalized spacial score (nSPS) is 14.1. The molecule has 2 rings (SSSR count). The van der Waals surface area contributed by atoms with Crippen LogP contribution in [0.3, 0.4) is 0 Å². The van der Waals surface area contributed by atoms with E-state index in [1.54, 1.807) is 0 Å². The third-order valence-electron chi connectivity index (χ3n) is 2.63. The van der Waals surface area contributed by atoms with Gasteiger partial charge in [0.25, 0.3) is 0 Å². The molecule has 0 aliphatic heterocycles. The Bertz CT molecular complexity index is 716. The van der Waals surface area contributed by atoms with E-state index >= 15 is 0 Å². The SMILES string of the molecule is O=CCC(On1c(=O)[nH]c2nc[nH]c2c1=O)C(O)CO. The minimum absolute atomic E-state index is 0.00735. The number of aliphatic hydroxyl groups excluding tert-OH is 2. The molecule has 0 saturated carbocycles. The maximum Gasteiger partial charge on any atom is 0.363 e. The Balaban J connectivity index is 2.43. The third kappa shape index (κ3) is 2.46. The highest BCUT2D eigenvalue weighted by Crippen LogP contribution is 2.00. The Morgan fingerprint density at radius 3 is 2.90 bits per heavy atom. The van der Waals surface area contributed by atoms with Crippen LogP contribution in [-0.2, 0) is 4.79 Å². The fourth-order valence-electron chi connectivity index (χ4n) is 1.61. The Morgan fingerprint density at radius 1 is 1.50 bits per heavy atom. The smallest absolute Gasteiger partial charge is 0.363 e. The number of carbonyl (C=O) groups is 1. The summed E-state index contributed by atoms with van der Waals surface area (Å²) in [6.45, 7) is -0.683. The zero-order valence-electron chi connectivity index (χ0n) is 10.1. The summed E-state index contributed by atoms with van der Waals surface area (Å²) in [4.78, 5) is 47.7. The molecule has 0 radical (unpaired) electrons. The van der Waals surface area contributed by atoms with E-state index in [4.69, 9.17) is 9.94 Å². The van der Waals surface area contributed by atoms with Crippen molar-refractivity contribution >= 4 is 17.5 Å². The zero-order chi connectivity index (χ0) is 14.7. The van der Waals surface area contributed by atoms with E-state index in [2.05, 4.69) is 15.0 Å². The summed E-state index contributed by atoms with van der Waals surface area (Å²) < 4.78 is 0.369. The van der Waals surface area contributed by atoms with E-state index in [9.17, 15) is 19.5 Å². The van der Waals surface area contributed by atoms with E-state index < -0.39 is 30.1 Å². The molecule has 2 heterocycles. The van der Waals surface area contributed by atoms with Crippen molar-refractivity contribution in [1.29, 1.82) is 0 Å². The summed E-state index contributed by atoms with van der Waals surface area (Å²) in [7, 11) is 0. The van der Waals surface area contributed by atoms with Crippen LogP contribution in [0.4, 0.5) is 0 Å². The predicted molar refractivity (Wildman–Crippen MR) is 65.1 cm³/mol. The second-order valence-corrected chi connectivity index (χ2v) is 3.95. The Hall–Kier alpha value is -2.46. The molecule has 0 spiro atoms. The molecule has 0 fully saturated rings. The maximum atomic E-state index is 12.0. The number of fused-ring (bicyclic) bond motifs is 1. The van der Waals surface area contributed by atoms with Gasteiger partial charge in [-0.05, 0) is 0 Å². The summed E-state index contributed by atoms with van der Waals surface area (Å²) in [6, 6.07) is 0. The number of rotatable bonds is 6. The van der Waals surface area contributed by atoms with Crippen molar-refractivity contribution < 1.29 is 19.8 Å². The van der Waals surface area contributed by atoms with Crippen LogP contribution in [0, 0.1) is 0 Å². The predicted octanol–water partition coefficient (Wildman–Crippen LogP) is -2.85. The van der Waals surface area contributed by atoms with Gasteiger partial charge in [-0.2, -0.15) is 0 Å². The number of imidazole rings is 1. The first kappa shape index (κ1) is 14.0. The largest absolute Gasteiger partial charge is 0.399 e. The highest BCUT2D eigenvalue weighted by atomic mass is 16.7. The summed E-state index contributed by atoms with van der Waals surface area (Å²) in [5.41, 5.74) is -1.65. The highest BCUT2D eigenvalue weighted by Gasteiger charge is 2.23. The minimum Gasteiger partial charge on any atom is -0.399 e. The second kappa shape index (κ2) is 5.67. The number of hydrogen-bond acceptors (Lipinski definition) is 7. The lowest BCUT2D eigenvalue weighted by Crippen LogP contribution is -2.48. The van der Waals surface area contributed by atoms with Gasteiger partial charge in [-0.1, -0.05) is 4.73 Å². The fraction of sp³-hybridized carbons (Fsp3) is 0.400. The molecule has 20 heavy (non-hydrogen) atoms. The van der Waals surface area contributed by atoms with Crippen LogP contribution in [0.1, 0.15) is 6.42 Å². The molecule has 2 aromatic heterocycles. The van der Waals surface area contributed by atoms with Crippen molar-refractivity contribution in [3.63, 3.8) is 0 Å². The van der Waals surface area contributed by atoms with Crippen molar-refractivity contribution in [1.82, 2.24) is 19.7 Å². The van der Waals surface area contributed by atoms with Gasteiger partial charge in [0.05, 0.1) is 12.9 Å². The van der Waals surface area contributed by atoms with Gasteiger partial charge in [-0.25, -0.2) is 9.78 Å². The Labute approximate surface area is 110 Å². The third-order valence-corrected chi connectivity index (χ3v) is 2.63. The van der Waals surface area contributed by atoms with Crippen LogP contribution in [0.15, 0.2) is 15.9 Å². The summed E-state index contributed by atoms with van der Waals surface area (Å²) in [6.07, 6.45) is -1.27. The van der Waals surface area contributed by atoms with Gasteiger partial charge < -0.3 is 24.8 Å². The first-order valence-electron chi connectivity index (χ1n) is 5.66. The molecule has 0 aliphatic carbocycles. The number of H-pyrrole nitrogens is 2. The summed E-state index contributed by atoms with van der Waals surface area (Å²) in [5.74, 6) is 0. The monoisotopic (exact) mass is 284 g/mol. The van der Waals surface area contributed by atoms with Crippen LogP contribution < -0.4 is 16.1 Å². The van der Waals surface area contributed by atoms with Crippen molar-refractivity contribution in [2.45, 2.75) is 18.6 Å². The number of aromatic amines is 2. The molecular formula is C10H12N4O6. The fourth-order valence-corrected chi connectivity index (χ4v) is 1.61. The average molecular weight is 284 g/mol. The number of aromatic nitrogens is 4. The van der Waals surface area contributed by atoms with Gasteiger partial charge in [-0.3, -0.25) is 9.78 Å². The molecule has 0 aromatic carbocycles. The van der Waals surface area contributed by atoms with Crippen LogP contribution in [0.2, 0.25) is 0 Å². The zero-order valence-corrected chi connectivity index (χ0v) is 10.1. The van der Waals surface area contributed by atoms with Gasteiger partial charge >= 0.3 is 11.2 Å². The molecule has 0 saturated heterocycles. The molecule has 2 aromatic rings. The molecule has 0 aliphatic rings. The maximum absolute atomic E-state index is 12.0. The molecule has 0 amide bonds. The Morgan fingerprint density at radius 2 is 2.25 bits per heavy atom. The molecular weight excluding hydrogens is 272 g/mol. The second-order valence-electron chi connectivity index (χ2n) is 3.95. The molecule has 10 heteroatoms. The van der Waals surface area contributed by atoms with Crippen molar-refractivity contribution in [3.8, 4) is 0 Å². The summed E-state index contributed by atoms with van der Waals surface area (Å²) in [5, 5.41) is 18.3.